The van der Waals surface area contributed by atoms with E-state index in [9.17, 15) is 8.42 Å². The van der Waals surface area contributed by atoms with Gasteiger partial charge in [-0.15, -0.1) is 0 Å². The Balaban J connectivity index is 1.90. The minimum absolute atomic E-state index is 0.0200. The Labute approximate surface area is 190 Å². The lowest BCUT2D eigenvalue weighted by molar-refractivity contribution is 0.356. The maximum Gasteiger partial charge on any atom is 0.265 e. The van der Waals surface area contributed by atoms with Crippen molar-refractivity contribution in [2.75, 3.05) is 31.3 Å². The first-order valence-corrected chi connectivity index (χ1v) is 11.3. The highest BCUT2D eigenvalue weighted by Crippen LogP contribution is 2.41. The summed E-state index contributed by atoms with van der Waals surface area (Å²) < 4.78 is 42.7. The minimum atomic E-state index is -3.92. The first kappa shape index (κ1) is 22.1. The van der Waals surface area contributed by atoms with Crippen molar-refractivity contribution in [3.05, 3.63) is 49.2 Å². The van der Waals surface area contributed by atoms with Crippen LogP contribution in [0.1, 0.15) is 5.69 Å². The van der Waals surface area contributed by atoms with Crippen LogP contribution >= 0.6 is 0 Å². The molecule has 33 heavy (non-hydrogen) atoms. The second kappa shape index (κ2) is 8.47. The van der Waals surface area contributed by atoms with E-state index in [0.29, 0.717) is 34.2 Å². The van der Waals surface area contributed by atoms with Gasteiger partial charge in [0.15, 0.2) is 23.0 Å². The van der Waals surface area contributed by atoms with Crippen LogP contribution < -0.4 is 19.5 Å². The second-order valence-electron chi connectivity index (χ2n) is 7.02. The lowest BCUT2D eigenvalue weighted by atomic mass is 10.1. The molecule has 0 fully saturated rings. The molecule has 0 atom stereocenters. The summed E-state index contributed by atoms with van der Waals surface area (Å²) in [7, 11) is 2.39. The number of methoxy groups -OCH3 is 2. The first-order valence-electron chi connectivity index (χ1n) is 9.77. The van der Waals surface area contributed by atoms with E-state index in [2.05, 4.69) is 31.7 Å². The number of aryl methyl sites for hydroxylation is 1. The number of nitrogens with one attached hydrogen (secondary N) is 2. The van der Waals surface area contributed by atoms with Crippen molar-refractivity contribution < 1.29 is 17.9 Å². The molecule has 12 heteroatoms. The molecular weight excluding hydrogens is 446 g/mol. The largest absolute Gasteiger partial charge is 0.493 e. The fourth-order valence-electron chi connectivity index (χ4n) is 3.42. The van der Waals surface area contributed by atoms with E-state index in [1.54, 1.807) is 44.7 Å². The number of hydrogen-bond acceptors (Lipinski definition) is 8. The van der Waals surface area contributed by atoms with Gasteiger partial charge in [-0.3, -0.25) is 13.8 Å². The van der Waals surface area contributed by atoms with Crippen LogP contribution in [0, 0.1) is 0 Å². The van der Waals surface area contributed by atoms with Gasteiger partial charge in [-0.25, -0.2) is 18.4 Å². The molecule has 0 unspecified atom stereocenters. The number of nitrogens with zero attached hydrogens (tertiary/aromatic N) is 5. The molecule has 4 rings (SSSR count). The van der Waals surface area contributed by atoms with Gasteiger partial charge in [-0.2, -0.15) is 5.10 Å². The number of aromatic nitrogens is 5. The van der Waals surface area contributed by atoms with E-state index in [4.69, 9.17) is 9.47 Å². The summed E-state index contributed by atoms with van der Waals surface area (Å²) in [5.74, 6) is 1.17. The van der Waals surface area contributed by atoms with E-state index < -0.39 is 10.0 Å². The molecule has 0 aliphatic heterocycles. The SMILES string of the molecule is C=Cc1cn2c(-c3cc(NS(=O)(=O)c4cnn(C)c4)c(OC)c(OC)c3)cnc2c(NC)n1. The van der Waals surface area contributed by atoms with E-state index in [1.165, 1.54) is 31.3 Å². The molecule has 0 saturated carbocycles. The van der Waals surface area contributed by atoms with Gasteiger partial charge in [0.2, 0.25) is 0 Å². The molecule has 0 spiro atoms. The zero-order valence-corrected chi connectivity index (χ0v) is 19.3. The topological polar surface area (TPSA) is 125 Å². The fraction of sp³-hybridized carbons (Fsp3) is 0.190. The number of rotatable bonds is 8. The number of anilines is 2. The Morgan fingerprint density at radius 2 is 1.94 bits per heavy atom. The zero-order chi connectivity index (χ0) is 23.8. The van der Waals surface area contributed by atoms with Crippen LogP contribution in [0.15, 0.2) is 48.4 Å². The molecule has 2 N–H and O–H groups in total. The van der Waals surface area contributed by atoms with E-state index in [1.807, 2.05) is 4.40 Å². The van der Waals surface area contributed by atoms with Crippen molar-refractivity contribution in [2.45, 2.75) is 4.90 Å². The van der Waals surface area contributed by atoms with Gasteiger partial charge in [0.25, 0.3) is 10.0 Å². The highest BCUT2D eigenvalue weighted by atomic mass is 32.2. The number of fused-ring (bicyclic) bond motifs is 1. The van der Waals surface area contributed by atoms with Gasteiger partial charge in [0.1, 0.15) is 4.90 Å². The third-order valence-electron chi connectivity index (χ3n) is 4.97. The minimum Gasteiger partial charge on any atom is -0.493 e. The molecule has 0 radical (unpaired) electrons. The summed E-state index contributed by atoms with van der Waals surface area (Å²) in [6.45, 7) is 3.79. The highest BCUT2D eigenvalue weighted by molar-refractivity contribution is 7.92. The molecule has 0 amide bonds. The van der Waals surface area contributed by atoms with Crippen LogP contribution in [-0.4, -0.2) is 53.8 Å². The van der Waals surface area contributed by atoms with E-state index in [0.717, 1.165) is 0 Å². The summed E-state index contributed by atoms with van der Waals surface area (Å²) in [5.41, 5.74) is 2.79. The average molecular weight is 470 g/mol. The van der Waals surface area contributed by atoms with Gasteiger partial charge in [0, 0.05) is 32.1 Å². The van der Waals surface area contributed by atoms with Crippen LogP contribution in [0.2, 0.25) is 0 Å². The third kappa shape index (κ3) is 3.96. The lowest BCUT2D eigenvalue weighted by Crippen LogP contribution is -2.13. The predicted molar refractivity (Wildman–Crippen MR) is 125 cm³/mol. The van der Waals surface area contributed by atoms with Crippen molar-refractivity contribution in [3.8, 4) is 22.8 Å². The Hall–Kier alpha value is -4.06. The Bertz CT molecular complexity index is 1460. The summed E-state index contributed by atoms with van der Waals surface area (Å²) >= 11 is 0. The normalized spacial score (nSPS) is 11.4. The molecule has 1 aromatic carbocycles. The van der Waals surface area contributed by atoms with E-state index in [-0.39, 0.29) is 16.3 Å². The summed E-state index contributed by atoms with van der Waals surface area (Å²) in [6, 6.07) is 3.41. The molecule has 3 heterocycles. The summed E-state index contributed by atoms with van der Waals surface area (Å²) in [6.07, 6.45) is 7.77. The smallest absolute Gasteiger partial charge is 0.265 e. The lowest BCUT2D eigenvalue weighted by Gasteiger charge is -2.16. The van der Waals surface area contributed by atoms with E-state index >= 15 is 0 Å². The Morgan fingerprint density at radius 3 is 2.55 bits per heavy atom. The van der Waals surface area contributed by atoms with Gasteiger partial charge in [0.05, 0.1) is 43.7 Å². The van der Waals surface area contributed by atoms with Crippen molar-refractivity contribution in [2.24, 2.45) is 7.05 Å². The molecule has 0 aliphatic rings. The quantitative estimate of drug-likeness (QED) is 0.404. The standard InChI is InChI=1S/C21H23N7O4S/c1-6-14-11-28-17(10-23-21(28)20(22-2)25-14)13-7-16(19(32-5)18(8-13)31-4)26-33(29,30)15-9-24-27(3)12-15/h6-12,26H,1H2,2-5H3,(H,22,25). The number of sulfonamides is 1. The van der Waals surface area contributed by atoms with Gasteiger partial charge in [-0.05, 0) is 18.2 Å². The Kier molecular flexibility index (Phi) is 5.68. The average Bonchev–Trinajstić information content (AvgIpc) is 3.44. The number of imidazole rings is 1. The molecule has 0 aliphatic carbocycles. The molecule has 11 nitrogen and oxygen atoms in total. The molecule has 0 bridgehead atoms. The van der Waals surface area contributed by atoms with Crippen LogP contribution in [0.4, 0.5) is 11.5 Å². The van der Waals surface area contributed by atoms with Crippen molar-refractivity contribution in [1.82, 2.24) is 24.1 Å². The van der Waals surface area contributed by atoms with Crippen molar-refractivity contribution >= 4 is 33.3 Å². The first-order chi connectivity index (χ1) is 15.8. The van der Waals surface area contributed by atoms with Gasteiger partial charge in [-0.1, -0.05) is 6.58 Å². The molecular formula is C21H23N7O4S. The third-order valence-corrected chi connectivity index (χ3v) is 6.29. The van der Waals surface area contributed by atoms with Crippen LogP contribution in [0.3, 0.4) is 0 Å². The van der Waals surface area contributed by atoms with Crippen LogP contribution in [-0.2, 0) is 17.1 Å². The van der Waals surface area contributed by atoms with Gasteiger partial charge < -0.3 is 14.8 Å². The zero-order valence-electron chi connectivity index (χ0n) is 18.5. The molecule has 172 valence electrons. The summed E-state index contributed by atoms with van der Waals surface area (Å²) in [4.78, 5) is 8.95. The highest BCUT2D eigenvalue weighted by Gasteiger charge is 2.22. The van der Waals surface area contributed by atoms with Crippen LogP contribution in [0.5, 0.6) is 11.5 Å². The second-order valence-corrected chi connectivity index (χ2v) is 8.70. The molecule has 3 aromatic heterocycles. The number of benzene rings is 1. The molecule has 4 aromatic rings. The molecule has 0 saturated heterocycles. The summed E-state index contributed by atoms with van der Waals surface area (Å²) in [5, 5.41) is 6.96. The van der Waals surface area contributed by atoms with Gasteiger partial charge >= 0.3 is 0 Å². The predicted octanol–water partition coefficient (Wildman–Crippen LogP) is 2.63. The fourth-order valence-corrected chi connectivity index (χ4v) is 4.45. The number of hydrogen-bond donors (Lipinski definition) is 2. The Morgan fingerprint density at radius 1 is 1.15 bits per heavy atom. The van der Waals surface area contributed by atoms with Crippen molar-refractivity contribution in [3.63, 3.8) is 0 Å². The van der Waals surface area contributed by atoms with Crippen molar-refractivity contribution in [1.29, 1.82) is 0 Å². The maximum absolute atomic E-state index is 13.0. The monoisotopic (exact) mass is 469 g/mol. The van der Waals surface area contributed by atoms with Crippen LogP contribution in [0.25, 0.3) is 23.0 Å². The maximum atomic E-state index is 13.0. The number of ether oxygens (including phenoxy) is 2.